The Balaban J connectivity index is 1.89. The highest BCUT2D eigenvalue weighted by molar-refractivity contribution is 7.90. The van der Waals surface area contributed by atoms with Gasteiger partial charge >= 0.3 is 5.69 Å². The van der Waals surface area contributed by atoms with Crippen molar-refractivity contribution in [3.05, 3.63) is 76.6 Å². The van der Waals surface area contributed by atoms with Gasteiger partial charge in [0.1, 0.15) is 15.7 Å². The lowest BCUT2D eigenvalue weighted by Crippen LogP contribution is -2.28. The number of hydrogen-bond acceptors (Lipinski definition) is 6. The molecule has 1 N–H and O–H groups in total. The van der Waals surface area contributed by atoms with E-state index in [-0.39, 0.29) is 11.4 Å². The SMILES string of the molecule is CCOc1cc(C(CS(C)(=O)=O)n2c(=O)[nH]c3cc(-c4ccccc4F)cnc32)ccc1OC. The van der Waals surface area contributed by atoms with Gasteiger partial charge in [0.05, 0.1) is 31.0 Å². The molecular formula is C24H24FN3O5S. The van der Waals surface area contributed by atoms with Gasteiger partial charge in [-0.05, 0) is 36.8 Å². The molecule has 0 spiro atoms. The molecule has 2 aromatic carbocycles. The second-order valence-electron chi connectivity index (χ2n) is 7.83. The predicted octanol–water partition coefficient (Wildman–Crippen LogP) is 3.57. The van der Waals surface area contributed by atoms with Crippen LogP contribution in [-0.2, 0) is 9.84 Å². The number of nitrogens with zero attached hydrogens (tertiary/aromatic N) is 2. The zero-order chi connectivity index (χ0) is 24.5. The molecule has 178 valence electrons. The van der Waals surface area contributed by atoms with Gasteiger partial charge in [-0.25, -0.2) is 22.6 Å². The van der Waals surface area contributed by atoms with Crippen LogP contribution in [0, 0.1) is 5.82 Å². The van der Waals surface area contributed by atoms with Gasteiger partial charge in [-0.3, -0.25) is 4.57 Å². The van der Waals surface area contributed by atoms with Crippen molar-refractivity contribution in [1.29, 1.82) is 0 Å². The Hall–Kier alpha value is -3.66. The predicted molar refractivity (Wildman–Crippen MR) is 128 cm³/mol. The Labute approximate surface area is 195 Å². The Morgan fingerprint density at radius 2 is 1.91 bits per heavy atom. The monoisotopic (exact) mass is 485 g/mol. The molecule has 0 saturated carbocycles. The molecule has 4 aromatic rings. The lowest BCUT2D eigenvalue weighted by atomic mass is 10.1. The molecule has 0 aliphatic heterocycles. The lowest BCUT2D eigenvalue weighted by molar-refractivity contribution is 0.310. The summed E-state index contributed by atoms with van der Waals surface area (Å²) < 4.78 is 51.2. The number of aromatic amines is 1. The Bertz CT molecular complexity index is 1510. The number of sulfone groups is 1. The number of pyridine rings is 1. The number of methoxy groups -OCH3 is 1. The first-order chi connectivity index (χ1) is 16.2. The zero-order valence-corrected chi connectivity index (χ0v) is 19.7. The molecule has 2 heterocycles. The van der Waals surface area contributed by atoms with E-state index < -0.39 is 27.4 Å². The van der Waals surface area contributed by atoms with Crippen molar-refractivity contribution >= 4 is 21.0 Å². The maximum absolute atomic E-state index is 14.3. The highest BCUT2D eigenvalue weighted by Crippen LogP contribution is 2.33. The third-order valence-corrected chi connectivity index (χ3v) is 6.31. The van der Waals surface area contributed by atoms with Gasteiger partial charge in [-0.1, -0.05) is 24.3 Å². The molecule has 0 fully saturated rings. The van der Waals surface area contributed by atoms with E-state index in [2.05, 4.69) is 9.97 Å². The summed E-state index contributed by atoms with van der Waals surface area (Å²) in [5.41, 5.74) is 1.46. The van der Waals surface area contributed by atoms with Gasteiger partial charge in [0.2, 0.25) is 0 Å². The van der Waals surface area contributed by atoms with E-state index in [1.54, 1.807) is 42.5 Å². The number of hydrogen-bond donors (Lipinski definition) is 1. The summed E-state index contributed by atoms with van der Waals surface area (Å²) in [6, 6.07) is 12.0. The Kier molecular flexibility index (Phi) is 6.43. The summed E-state index contributed by atoms with van der Waals surface area (Å²) in [5, 5.41) is 0. The Morgan fingerprint density at radius 3 is 2.59 bits per heavy atom. The molecular weight excluding hydrogens is 461 g/mol. The lowest BCUT2D eigenvalue weighted by Gasteiger charge is -2.20. The summed E-state index contributed by atoms with van der Waals surface area (Å²) in [7, 11) is -2.00. The number of nitrogens with one attached hydrogen (secondary N) is 1. The first-order valence-electron chi connectivity index (χ1n) is 10.6. The number of benzene rings is 2. The van der Waals surface area contributed by atoms with Crippen LogP contribution in [0.5, 0.6) is 11.5 Å². The topological polar surface area (TPSA) is 103 Å². The summed E-state index contributed by atoms with van der Waals surface area (Å²) in [5.74, 6) is 0.169. The van der Waals surface area contributed by atoms with Crippen molar-refractivity contribution < 1.29 is 22.3 Å². The van der Waals surface area contributed by atoms with E-state index in [9.17, 15) is 17.6 Å². The van der Waals surface area contributed by atoms with Gasteiger partial charge in [0, 0.05) is 23.6 Å². The largest absolute Gasteiger partial charge is 0.493 e. The molecule has 0 aliphatic carbocycles. The minimum Gasteiger partial charge on any atom is -0.493 e. The fourth-order valence-electron chi connectivity index (χ4n) is 3.92. The fraction of sp³-hybridized carbons (Fsp3) is 0.250. The Morgan fingerprint density at radius 1 is 1.15 bits per heavy atom. The molecule has 2 aromatic heterocycles. The van der Waals surface area contributed by atoms with Crippen molar-refractivity contribution in [2.45, 2.75) is 13.0 Å². The summed E-state index contributed by atoms with van der Waals surface area (Å²) in [6.07, 6.45) is 2.57. The molecule has 4 rings (SSSR count). The molecule has 1 unspecified atom stereocenters. The van der Waals surface area contributed by atoms with E-state index in [1.807, 2.05) is 6.92 Å². The third-order valence-electron chi connectivity index (χ3n) is 5.38. The van der Waals surface area contributed by atoms with E-state index in [0.29, 0.717) is 40.3 Å². The van der Waals surface area contributed by atoms with Crippen molar-refractivity contribution in [1.82, 2.24) is 14.5 Å². The van der Waals surface area contributed by atoms with E-state index in [1.165, 1.54) is 23.9 Å². The number of halogens is 1. The molecule has 0 amide bonds. The summed E-state index contributed by atoms with van der Waals surface area (Å²) >= 11 is 0. The maximum Gasteiger partial charge on any atom is 0.328 e. The average molecular weight is 486 g/mol. The first kappa shape index (κ1) is 23.5. The first-order valence-corrected chi connectivity index (χ1v) is 12.6. The van der Waals surface area contributed by atoms with Gasteiger partial charge in [0.15, 0.2) is 17.1 Å². The average Bonchev–Trinajstić information content (AvgIpc) is 3.12. The molecule has 34 heavy (non-hydrogen) atoms. The maximum atomic E-state index is 14.3. The van der Waals surface area contributed by atoms with Crippen LogP contribution in [0.25, 0.3) is 22.3 Å². The van der Waals surface area contributed by atoms with Crippen molar-refractivity contribution in [2.24, 2.45) is 0 Å². The molecule has 0 saturated heterocycles. The van der Waals surface area contributed by atoms with Crippen LogP contribution in [0.15, 0.2) is 59.5 Å². The fourth-order valence-corrected chi connectivity index (χ4v) is 4.84. The van der Waals surface area contributed by atoms with Crippen LogP contribution < -0.4 is 15.2 Å². The van der Waals surface area contributed by atoms with E-state index >= 15 is 0 Å². The van der Waals surface area contributed by atoms with Gasteiger partial charge < -0.3 is 14.5 Å². The van der Waals surface area contributed by atoms with Crippen LogP contribution in [0.4, 0.5) is 4.39 Å². The van der Waals surface area contributed by atoms with Gasteiger partial charge in [0.25, 0.3) is 0 Å². The van der Waals surface area contributed by atoms with E-state index in [0.717, 1.165) is 6.26 Å². The number of rotatable bonds is 8. The van der Waals surface area contributed by atoms with Gasteiger partial charge in [-0.15, -0.1) is 0 Å². The molecule has 1 atom stereocenters. The number of ether oxygens (including phenoxy) is 2. The molecule has 0 radical (unpaired) electrons. The molecule has 8 nitrogen and oxygen atoms in total. The second kappa shape index (κ2) is 9.30. The van der Waals surface area contributed by atoms with Crippen LogP contribution in [-0.4, -0.2) is 48.7 Å². The van der Waals surface area contributed by atoms with Crippen LogP contribution >= 0.6 is 0 Å². The van der Waals surface area contributed by atoms with Crippen LogP contribution in [0.2, 0.25) is 0 Å². The van der Waals surface area contributed by atoms with Crippen molar-refractivity contribution in [3.8, 4) is 22.6 Å². The second-order valence-corrected chi connectivity index (χ2v) is 10.0. The summed E-state index contributed by atoms with van der Waals surface area (Å²) in [4.78, 5) is 20.2. The summed E-state index contributed by atoms with van der Waals surface area (Å²) in [6.45, 7) is 2.20. The highest BCUT2D eigenvalue weighted by atomic mass is 32.2. The smallest absolute Gasteiger partial charge is 0.328 e. The molecule has 0 aliphatic rings. The third kappa shape index (κ3) is 4.67. The minimum atomic E-state index is -3.50. The van der Waals surface area contributed by atoms with Crippen molar-refractivity contribution in [2.75, 3.05) is 25.7 Å². The number of fused-ring (bicyclic) bond motifs is 1. The number of imidazole rings is 1. The quantitative estimate of drug-likeness (QED) is 0.409. The standard InChI is InChI=1S/C24H24FN3O5S/c1-4-33-22-12-15(9-10-21(22)32-2)20(14-34(3,30)31)28-23-19(27-24(28)29)11-16(13-26-23)17-7-5-6-8-18(17)25/h5-13,20H,4,14H2,1-3H3,(H,27,29). The number of H-pyrrole nitrogens is 1. The molecule has 10 heteroatoms. The van der Waals surface area contributed by atoms with Gasteiger partial charge in [-0.2, -0.15) is 0 Å². The highest BCUT2D eigenvalue weighted by Gasteiger charge is 2.26. The van der Waals surface area contributed by atoms with Crippen molar-refractivity contribution in [3.63, 3.8) is 0 Å². The van der Waals surface area contributed by atoms with Crippen LogP contribution in [0.1, 0.15) is 18.5 Å². The van der Waals surface area contributed by atoms with Crippen LogP contribution in [0.3, 0.4) is 0 Å². The normalized spacial score (nSPS) is 12.6. The van der Waals surface area contributed by atoms with E-state index in [4.69, 9.17) is 9.47 Å². The zero-order valence-electron chi connectivity index (χ0n) is 18.9. The number of aromatic nitrogens is 3. The minimum absolute atomic E-state index is 0.257. The molecule has 0 bridgehead atoms.